The quantitative estimate of drug-likeness (QED) is 0.663. The van der Waals surface area contributed by atoms with Crippen LogP contribution in [0.25, 0.3) is 0 Å². The summed E-state index contributed by atoms with van der Waals surface area (Å²) in [6.07, 6.45) is 0. The maximum Gasteiger partial charge on any atom is 0.0760 e. The summed E-state index contributed by atoms with van der Waals surface area (Å²) in [5, 5.41) is 0.691. The van der Waals surface area contributed by atoms with E-state index < -0.39 is 0 Å². The summed E-state index contributed by atoms with van der Waals surface area (Å²) in [6.45, 7) is 5.96. The summed E-state index contributed by atoms with van der Waals surface area (Å²) >= 11 is 12.4. The van der Waals surface area contributed by atoms with Crippen molar-refractivity contribution in [1.29, 1.82) is 0 Å². The molecule has 0 saturated carbocycles. The lowest BCUT2D eigenvalue weighted by molar-refractivity contribution is 0.790. The van der Waals surface area contributed by atoms with Gasteiger partial charge in [0.25, 0.3) is 0 Å². The van der Waals surface area contributed by atoms with E-state index >= 15 is 0 Å². The fraction of sp³-hybridized carbons (Fsp3) is 0.294. The molecule has 0 heterocycles. The Kier molecular flexibility index (Phi) is 5.33. The minimum absolute atomic E-state index is 0.0484. The van der Waals surface area contributed by atoms with Gasteiger partial charge >= 0.3 is 0 Å². The molecule has 0 aromatic heterocycles. The molecular weight excluding hydrogens is 289 g/mol. The van der Waals surface area contributed by atoms with E-state index in [1.807, 2.05) is 24.3 Å². The number of nitrogens with zero attached hydrogens (tertiary/aromatic N) is 1. The van der Waals surface area contributed by atoms with E-state index in [1.54, 1.807) is 0 Å². The molecule has 3 heteroatoms. The zero-order chi connectivity index (χ0) is 14.5. The molecule has 0 aliphatic carbocycles. The Hall–Kier alpha value is -1.18. The molecule has 20 heavy (non-hydrogen) atoms. The van der Waals surface area contributed by atoms with Crippen LogP contribution in [-0.2, 0) is 0 Å². The average molecular weight is 308 g/mol. The number of likely N-dealkylation sites (N-methyl/N-ethyl adjacent to an activating group) is 1. The first-order chi connectivity index (χ1) is 9.60. The molecule has 0 saturated heterocycles. The third-order valence-corrected chi connectivity index (χ3v) is 4.00. The van der Waals surface area contributed by atoms with Crippen molar-refractivity contribution in [3.05, 3.63) is 64.7 Å². The van der Waals surface area contributed by atoms with Crippen LogP contribution in [0.4, 0.5) is 5.69 Å². The minimum Gasteiger partial charge on any atom is -0.370 e. The monoisotopic (exact) mass is 307 g/mol. The normalized spacial score (nSPS) is 12.2. The van der Waals surface area contributed by atoms with Gasteiger partial charge in [-0.15, -0.1) is 11.6 Å². The fourth-order valence-electron chi connectivity index (χ4n) is 2.21. The first-order valence-electron chi connectivity index (χ1n) is 6.81. The fourth-order valence-corrected chi connectivity index (χ4v) is 2.65. The molecule has 2 rings (SSSR count). The number of aryl methyl sites for hydroxylation is 1. The molecule has 0 fully saturated rings. The number of benzene rings is 2. The standard InChI is InChI=1S/C17H19Cl2N/c1-3-20(16-6-4-5-13(2)11-16)12-17(19)14-7-9-15(18)10-8-14/h4-11,17H,3,12H2,1-2H3. The predicted molar refractivity (Wildman–Crippen MR) is 89.1 cm³/mol. The van der Waals surface area contributed by atoms with Gasteiger partial charge < -0.3 is 4.90 Å². The van der Waals surface area contributed by atoms with Crippen LogP contribution in [0.2, 0.25) is 5.02 Å². The Bertz CT molecular complexity index is 551. The summed E-state index contributed by atoms with van der Waals surface area (Å²) in [6, 6.07) is 16.3. The number of anilines is 1. The second kappa shape index (κ2) is 7.01. The van der Waals surface area contributed by atoms with E-state index in [0.717, 1.165) is 23.7 Å². The lowest BCUT2D eigenvalue weighted by Crippen LogP contribution is -2.26. The summed E-state index contributed by atoms with van der Waals surface area (Å²) in [7, 11) is 0. The van der Waals surface area contributed by atoms with Gasteiger partial charge in [-0.1, -0.05) is 35.9 Å². The zero-order valence-corrected chi connectivity index (χ0v) is 13.3. The molecule has 2 aromatic carbocycles. The summed E-state index contributed by atoms with van der Waals surface area (Å²) in [5.41, 5.74) is 3.58. The third kappa shape index (κ3) is 3.91. The van der Waals surface area contributed by atoms with Gasteiger partial charge in [-0.3, -0.25) is 0 Å². The van der Waals surface area contributed by atoms with Crippen molar-refractivity contribution in [2.24, 2.45) is 0 Å². The van der Waals surface area contributed by atoms with Crippen molar-refractivity contribution in [1.82, 2.24) is 0 Å². The van der Waals surface area contributed by atoms with Crippen LogP contribution < -0.4 is 4.90 Å². The maximum atomic E-state index is 6.54. The predicted octanol–water partition coefficient (Wildman–Crippen LogP) is 5.45. The van der Waals surface area contributed by atoms with Crippen molar-refractivity contribution < 1.29 is 0 Å². The van der Waals surface area contributed by atoms with Gasteiger partial charge in [0.2, 0.25) is 0 Å². The number of alkyl halides is 1. The second-order valence-corrected chi connectivity index (χ2v) is 5.86. The molecule has 0 N–H and O–H groups in total. The highest BCUT2D eigenvalue weighted by Gasteiger charge is 2.13. The minimum atomic E-state index is -0.0484. The molecule has 0 aliphatic rings. The Morgan fingerprint density at radius 2 is 1.80 bits per heavy atom. The van der Waals surface area contributed by atoms with Crippen LogP contribution in [0.1, 0.15) is 23.4 Å². The molecule has 2 aromatic rings. The van der Waals surface area contributed by atoms with E-state index in [1.165, 1.54) is 11.3 Å². The maximum absolute atomic E-state index is 6.54. The highest BCUT2D eigenvalue weighted by atomic mass is 35.5. The Balaban J connectivity index is 2.11. The Morgan fingerprint density at radius 1 is 1.10 bits per heavy atom. The molecular formula is C17H19Cl2N. The van der Waals surface area contributed by atoms with Gasteiger partial charge in [-0.25, -0.2) is 0 Å². The molecule has 0 radical (unpaired) electrons. The topological polar surface area (TPSA) is 3.24 Å². The van der Waals surface area contributed by atoms with Gasteiger partial charge in [0.05, 0.1) is 5.38 Å². The first-order valence-corrected chi connectivity index (χ1v) is 7.62. The van der Waals surface area contributed by atoms with Gasteiger partial charge in [0.15, 0.2) is 0 Å². The highest BCUT2D eigenvalue weighted by Crippen LogP contribution is 2.26. The molecule has 1 nitrogen and oxygen atoms in total. The zero-order valence-electron chi connectivity index (χ0n) is 11.8. The van der Waals surface area contributed by atoms with Crippen LogP contribution in [0.3, 0.4) is 0 Å². The van der Waals surface area contributed by atoms with E-state index in [9.17, 15) is 0 Å². The molecule has 1 unspecified atom stereocenters. The first kappa shape index (κ1) is 15.2. The molecule has 0 aliphatic heterocycles. The molecule has 106 valence electrons. The van der Waals surface area contributed by atoms with Gasteiger partial charge in [0.1, 0.15) is 0 Å². The Morgan fingerprint density at radius 3 is 2.40 bits per heavy atom. The lowest BCUT2D eigenvalue weighted by atomic mass is 10.1. The average Bonchev–Trinajstić information content (AvgIpc) is 2.45. The van der Waals surface area contributed by atoms with Gasteiger partial charge in [-0.05, 0) is 49.2 Å². The highest BCUT2D eigenvalue weighted by molar-refractivity contribution is 6.30. The van der Waals surface area contributed by atoms with E-state index in [0.29, 0.717) is 0 Å². The summed E-state index contributed by atoms with van der Waals surface area (Å²) in [5.74, 6) is 0. The number of hydrogen-bond acceptors (Lipinski definition) is 1. The van der Waals surface area contributed by atoms with Crippen molar-refractivity contribution in [3.8, 4) is 0 Å². The van der Waals surface area contributed by atoms with Crippen molar-refractivity contribution in [3.63, 3.8) is 0 Å². The van der Waals surface area contributed by atoms with E-state index in [-0.39, 0.29) is 5.38 Å². The van der Waals surface area contributed by atoms with E-state index in [2.05, 4.69) is 43.0 Å². The summed E-state index contributed by atoms with van der Waals surface area (Å²) < 4.78 is 0. The van der Waals surface area contributed by atoms with Crippen LogP contribution in [-0.4, -0.2) is 13.1 Å². The van der Waals surface area contributed by atoms with Gasteiger partial charge in [0, 0.05) is 23.8 Å². The van der Waals surface area contributed by atoms with Crippen molar-refractivity contribution in [2.45, 2.75) is 19.2 Å². The Labute approximate surface area is 131 Å². The number of rotatable bonds is 5. The number of halogens is 2. The second-order valence-electron chi connectivity index (χ2n) is 4.90. The van der Waals surface area contributed by atoms with E-state index in [4.69, 9.17) is 23.2 Å². The largest absolute Gasteiger partial charge is 0.370 e. The SMILES string of the molecule is CCN(CC(Cl)c1ccc(Cl)cc1)c1cccc(C)c1. The smallest absolute Gasteiger partial charge is 0.0760 e. The van der Waals surface area contributed by atoms with Crippen molar-refractivity contribution in [2.75, 3.05) is 18.0 Å². The summed E-state index contributed by atoms with van der Waals surface area (Å²) in [4.78, 5) is 2.29. The van der Waals surface area contributed by atoms with Crippen LogP contribution in [0, 0.1) is 6.92 Å². The third-order valence-electron chi connectivity index (χ3n) is 3.36. The number of hydrogen-bond donors (Lipinski definition) is 0. The lowest BCUT2D eigenvalue weighted by Gasteiger charge is -2.26. The molecule has 1 atom stereocenters. The van der Waals surface area contributed by atoms with Crippen LogP contribution in [0.5, 0.6) is 0 Å². The van der Waals surface area contributed by atoms with Crippen LogP contribution in [0.15, 0.2) is 48.5 Å². The molecule has 0 bridgehead atoms. The molecule has 0 spiro atoms. The van der Waals surface area contributed by atoms with Gasteiger partial charge in [-0.2, -0.15) is 0 Å². The molecule has 0 amide bonds. The van der Waals surface area contributed by atoms with Crippen molar-refractivity contribution >= 4 is 28.9 Å². The van der Waals surface area contributed by atoms with Crippen LogP contribution >= 0.6 is 23.2 Å².